The van der Waals surface area contributed by atoms with E-state index in [2.05, 4.69) is 11.7 Å². The largest absolute Gasteiger partial charge is 0.497 e. The number of hydrogen-bond donors (Lipinski definition) is 0. The van der Waals surface area contributed by atoms with Crippen molar-refractivity contribution in [2.24, 2.45) is 0 Å². The van der Waals surface area contributed by atoms with E-state index in [0.717, 1.165) is 18.4 Å². The molecule has 0 aliphatic heterocycles. The number of methoxy groups -OCH3 is 2. The fourth-order valence-electron chi connectivity index (χ4n) is 3.12. The molecule has 0 saturated heterocycles. The second-order valence-electron chi connectivity index (χ2n) is 7.57. The number of nitrogens with zero attached hydrogens (tertiary/aromatic N) is 1. The molecule has 0 fully saturated rings. The molecule has 0 bridgehead atoms. The van der Waals surface area contributed by atoms with Gasteiger partial charge in [0.25, 0.3) is 0 Å². The van der Waals surface area contributed by atoms with Gasteiger partial charge >= 0.3 is 17.8 Å². The van der Waals surface area contributed by atoms with E-state index in [1.54, 1.807) is 7.11 Å². The molecule has 7 nitrogen and oxygen atoms in total. The highest BCUT2D eigenvalue weighted by molar-refractivity contribution is 5.92. The molecule has 38 heavy (non-hydrogen) atoms. The van der Waals surface area contributed by atoms with E-state index in [9.17, 15) is 28.1 Å². The molecule has 0 N–H and O–H groups in total. The van der Waals surface area contributed by atoms with E-state index >= 15 is 0 Å². The molecule has 3 aromatic carbocycles. The van der Waals surface area contributed by atoms with Crippen molar-refractivity contribution in [2.75, 3.05) is 20.8 Å². The van der Waals surface area contributed by atoms with Crippen LogP contribution < -0.4 is 9.47 Å². The van der Waals surface area contributed by atoms with Crippen molar-refractivity contribution < 1.29 is 37.1 Å². The molecule has 3 aromatic rings. The Kier molecular flexibility index (Phi) is 13.4. The minimum absolute atomic E-state index is 0.0232. The minimum atomic E-state index is -4.90. The highest BCUT2D eigenvalue weighted by Crippen LogP contribution is 2.39. The topological polar surface area (TPSA) is 87.9 Å². The Morgan fingerprint density at radius 2 is 1.58 bits per heavy atom. The average Bonchev–Trinajstić information content (AvgIpc) is 2.92. The van der Waals surface area contributed by atoms with E-state index in [1.807, 2.05) is 68.4 Å². The number of nitro benzene ring substituents is 1. The summed E-state index contributed by atoms with van der Waals surface area (Å²) in [5.41, 5.74) is -0.752. The Bertz CT molecular complexity index is 1150. The first kappa shape index (κ1) is 31.9. The van der Waals surface area contributed by atoms with Gasteiger partial charge in [0.2, 0.25) is 0 Å². The summed E-state index contributed by atoms with van der Waals surface area (Å²) in [6.07, 6.45) is -3.86. The molecular weight excluding hydrogens is 503 g/mol. The molecule has 0 heterocycles. The number of aryl methyl sites for hydroxylation is 2. The smallest absolute Gasteiger partial charge is 0.417 e. The lowest BCUT2D eigenvalue weighted by atomic mass is 10.1. The average molecular weight is 536 g/mol. The normalized spacial score (nSPS) is 10.2. The third kappa shape index (κ3) is 10.1. The van der Waals surface area contributed by atoms with Crippen LogP contribution in [0.15, 0.2) is 66.7 Å². The number of nitro groups is 1. The molecule has 0 radical (unpaired) electrons. The Balaban J connectivity index is 0.000000548. The highest BCUT2D eigenvalue weighted by Gasteiger charge is 2.38. The number of ether oxygens (including phenoxy) is 3. The predicted molar refractivity (Wildman–Crippen MR) is 139 cm³/mol. The Hall–Kier alpha value is -4.08. The maximum absolute atomic E-state index is 13.2. The van der Waals surface area contributed by atoms with E-state index < -0.39 is 39.6 Å². The number of esters is 1. The SMILES string of the molecule is CC.COC(=O)c1cc([N+](=O)[O-])c(OCCCc2ccccc2)cc1C(F)(F)F.COc1ccc(C)cc1. The molecule has 0 saturated carbocycles. The first-order valence-electron chi connectivity index (χ1n) is 11.8. The van der Waals surface area contributed by atoms with Crippen molar-refractivity contribution in [2.45, 2.75) is 39.8 Å². The summed E-state index contributed by atoms with van der Waals surface area (Å²) in [6.45, 7) is 6.03. The molecule has 0 atom stereocenters. The zero-order valence-corrected chi connectivity index (χ0v) is 22.0. The number of halogens is 3. The van der Waals surface area contributed by atoms with Crippen LogP contribution in [0.25, 0.3) is 0 Å². The summed E-state index contributed by atoms with van der Waals surface area (Å²) < 4.78 is 54.2. The second kappa shape index (κ2) is 15.9. The highest BCUT2D eigenvalue weighted by atomic mass is 19.4. The zero-order valence-electron chi connectivity index (χ0n) is 22.0. The number of carbonyl (C=O) groups is 1. The van der Waals surface area contributed by atoms with Gasteiger partial charge in [-0.25, -0.2) is 4.79 Å². The van der Waals surface area contributed by atoms with Gasteiger partial charge in [-0.1, -0.05) is 61.9 Å². The first-order valence-corrected chi connectivity index (χ1v) is 11.8. The van der Waals surface area contributed by atoms with Crippen molar-refractivity contribution in [1.82, 2.24) is 0 Å². The van der Waals surface area contributed by atoms with Crippen LogP contribution in [0.2, 0.25) is 0 Å². The first-order chi connectivity index (χ1) is 18.1. The lowest BCUT2D eigenvalue weighted by molar-refractivity contribution is -0.386. The van der Waals surface area contributed by atoms with Crippen molar-refractivity contribution in [3.63, 3.8) is 0 Å². The van der Waals surface area contributed by atoms with Gasteiger partial charge in [-0.15, -0.1) is 0 Å². The van der Waals surface area contributed by atoms with E-state index in [4.69, 9.17) is 9.47 Å². The number of carbonyl (C=O) groups excluding carboxylic acids is 1. The van der Waals surface area contributed by atoms with Gasteiger partial charge in [0.15, 0.2) is 5.75 Å². The Labute approximate surface area is 220 Å². The molecule has 0 amide bonds. The van der Waals surface area contributed by atoms with Crippen LogP contribution in [-0.4, -0.2) is 31.7 Å². The Morgan fingerprint density at radius 3 is 2.08 bits per heavy atom. The van der Waals surface area contributed by atoms with Crippen molar-refractivity contribution in [3.05, 3.63) is 99.1 Å². The zero-order chi connectivity index (χ0) is 28.7. The summed E-state index contributed by atoms with van der Waals surface area (Å²) in [5.74, 6) is -0.949. The van der Waals surface area contributed by atoms with E-state index in [0.29, 0.717) is 25.0 Å². The van der Waals surface area contributed by atoms with E-state index in [1.165, 1.54) is 5.56 Å². The minimum Gasteiger partial charge on any atom is -0.497 e. The molecular formula is C28H32F3NO6. The van der Waals surface area contributed by atoms with Gasteiger partial charge in [-0.05, 0) is 37.5 Å². The standard InChI is InChI=1S/C18H16F3NO5.C8H10O.C2H6/c1-26-17(23)13-10-15(22(24)25)16(11-14(13)18(19,20)21)27-9-5-8-12-6-3-2-4-7-12;1-7-3-5-8(9-2)6-4-7;1-2/h2-4,6-7,10-11H,5,8-9H2,1H3;3-6H,1-2H3;1-2H3. The van der Waals surface area contributed by atoms with Gasteiger partial charge in [-0.3, -0.25) is 10.1 Å². The van der Waals surface area contributed by atoms with Crippen LogP contribution in [0.4, 0.5) is 18.9 Å². The maximum Gasteiger partial charge on any atom is 0.417 e. The lowest BCUT2D eigenvalue weighted by Crippen LogP contribution is -2.15. The van der Waals surface area contributed by atoms with Crippen LogP contribution in [0.3, 0.4) is 0 Å². The summed E-state index contributed by atoms with van der Waals surface area (Å²) in [7, 11) is 2.56. The van der Waals surface area contributed by atoms with Crippen LogP contribution in [0, 0.1) is 17.0 Å². The molecule has 0 unspecified atom stereocenters. The molecule has 206 valence electrons. The number of hydrogen-bond acceptors (Lipinski definition) is 6. The Morgan fingerprint density at radius 1 is 0.974 bits per heavy atom. The summed E-state index contributed by atoms with van der Waals surface area (Å²) in [4.78, 5) is 21.9. The fourth-order valence-corrected chi connectivity index (χ4v) is 3.12. The van der Waals surface area contributed by atoms with Gasteiger partial charge < -0.3 is 14.2 Å². The summed E-state index contributed by atoms with van der Waals surface area (Å²) in [5, 5.41) is 11.2. The molecule has 0 spiro atoms. The molecule has 0 aliphatic rings. The lowest BCUT2D eigenvalue weighted by Gasteiger charge is -2.14. The van der Waals surface area contributed by atoms with Gasteiger partial charge in [0.1, 0.15) is 5.75 Å². The third-order valence-electron chi connectivity index (χ3n) is 4.97. The van der Waals surface area contributed by atoms with Crippen LogP contribution in [0.5, 0.6) is 11.5 Å². The van der Waals surface area contributed by atoms with Gasteiger partial charge in [0.05, 0.1) is 36.9 Å². The molecule has 0 aromatic heterocycles. The van der Waals surface area contributed by atoms with Crippen molar-refractivity contribution in [1.29, 1.82) is 0 Å². The maximum atomic E-state index is 13.2. The monoisotopic (exact) mass is 535 g/mol. The second-order valence-corrected chi connectivity index (χ2v) is 7.57. The predicted octanol–water partition coefficient (Wildman–Crippen LogP) is 7.44. The van der Waals surface area contributed by atoms with Crippen LogP contribution in [-0.2, 0) is 17.3 Å². The third-order valence-corrected chi connectivity index (χ3v) is 4.97. The fraction of sp³-hybridized carbons (Fsp3) is 0.321. The number of alkyl halides is 3. The van der Waals surface area contributed by atoms with Crippen LogP contribution >= 0.6 is 0 Å². The number of benzene rings is 3. The van der Waals surface area contributed by atoms with E-state index in [-0.39, 0.29) is 6.61 Å². The molecule has 10 heteroatoms. The number of rotatable bonds is 8. The van der Waals surface area contributed by atoms with Crippen molar-refractivity contribution >= 4 is 11.7 Å². The summed E-state index contributed by atoms with van der Waals surface area (Å²) >= 11 is 0. The van der Waals surface area contributed by atoms with Crippen LogP contribution in [0.1, 0.15) is 47.3 Å². The van der Waals surface area contributed by atoms with Gasteiger partial charge in [-0.2, -0.15) is 13.2 Å². The van der Waals surface area contributed by atoms with Gasteiger partial charge in [0, 0.05) is 12.1 Å². The molecule has 0 aliphatic carbocycles. The summed E-state index contributed by atoms with van der Waals surface area (Å²) in [6, 6.07) is 18.3. The quantitative estimate of drug-likeness (QED) is 0.129. The molecule has 3 rings (SSSR count). The van der Waals surface area contributed by atoms with Crippen molar-refractivity contribution in [3.8, 4) is 11.5 Å².